The molecule has 0 aliphatic heterocycles. The van der Waals surface area contributed by atoms with E-state index in [9.17, 15) is 63.3 Å². The van der Waals surface area contributed by atoms with Gasteiger partial charge in [-0.05, 0) is 36.5 Å². The van der Waals surface area contributed by atoms with Crippen molar-refractivity contribution in [1.29, 1.82) is 0 Å². The minimum Gasteiger partial charge on any atom is -0.480 e. The number of hydrogen-bond acceptors (Lipinski definition) is 14. The number of rotatable bonds is 28. The average molecular weight is 875 g/mol. The fourth-order valence-corrected chi connectivity index (χ4v) is 5.46. The van der Waals surface area contributed by atoms with E-state index in [-0.39, 0.29) is 24.7 Å². The molecule has 0 unspecified atom stereocenters. The van der Waals surface area contributed by atoms with E-state index in [0.29, 0.717) is 0 Å². The van der Waals surface area contributed by atoms with Crippen LogP contribution in [0.3, 0.4) is 0 Å². The second-order valence-corrected chi connectivity index (χ2v) is 16.0. The number of carbonyl (C=O) groups is 10. The van der Waals surface area contributed by atoms with Crippen LogP contribution in [-0.4, -0.2) is 154 Å². The van der Waals surface area contributed by atoms with Gasteiger partial charge in [0.1, 0.15) is 48.3 Å². The standard InChI is InChI=1S/C37H66N10O14/c1-16(2)9-21(41-30(53)20(38)13-48)32(55)44-24(14-49)33(56)42-22(11-26(39)51)31(54)40-12-27(52)46-28(18(5)6)35(58)45-25(15-50)34(57)47-29(19(7)8)36(59)43-23(37(60)61)10-17(3)4/h16-25,28-29,48-50H,9-15,38H2,1-8H3,(H2,39,51)(H,40,54)(H,41,53)(H,42,56)(H,43,59)(H,44,55)(H,45,58)(H,46,52)(H,47,57)(H,60,61)/t20-,21-,22-,23-,24-,25-,28-,29-/m0/s1. The molecule has 348 valence electrons. The molecule has 0 heterocycles. The van der Waals surface area contributed by atoms with Crippen molar-refractivity contribution in [3.05, 3.63) is 0 Å². The highest BCUT2D eigenvalue weighted by Crippen LogP contribution is 2.10. The van der Waals surface area contributed by atoms with E-state index in [1.165, 1.54) is 13.8 Å². The van der Waals surface area contributed by atoms with Gasteiger partial charge in [-0.25, -0.2) is 4.79 Å². The molecular weight excluding hydrogens is 808 g/mol. The predicted molar refractivity (Wildman–Crippen MR) is 216 cm³/mol. The summed E-state index contributed by atoms with van der Waals surface area (Å²) in [6, 6.07) is -11.5. The Bertz CT molecular complexity index is 1540. The van der Waals surface area contributed by atoms with Gasteiger partial charge >= 0.3 is 5.97 Å². The molecule has 0 saturated heterocycles. The predicted octanol–water partition coefficient (Wildman–Crippen LogP) is -5.84. The molecule has 9 amide bonds. The van der Waals surface area contributed by atoms with Gasteiger partial charge < -0.3 is 74.4 Å². The summed E-state index contributed by atoms with van der Waals surface area (Å²) in [5.41, 5.74) is 10.8. The van der Waals surface area contributed by atoms with Crippen molar-refractivity contribution in [1.82, 2.24) is 42.5 Å². The highest BCUT2D eigenvalue weighted by Gasteiger charge is 2.35. The number of carbonyl (C=O) groups excluding carboxylic acids is 9. The Kier molecular flexibility index (Phi) is 24.9. The van der Waals surface area contributed by atoms with Crippen LogP contribution in [0.25, 0.3) is 0 Å². The van der Waals surface area contributed by atoms with E-state index in [0.717, 1.165) is 0 Å². The zero-order valence-corrected chi connectivity index (χ0v) is 35.9. The maximum Gasteiger partial charge on any atom is 0.326 e. The van der Waals surface area contributed by atoms with Crippen LogP contribution >= 0.6 is 0 Å². The highest BCUT2D eigenvalue weighted by atomic mass is 16.4. The highest BCUT2D eigenvalue weighted by molar-refractivity contribution is 5.98. The summed E-state index contributed by atoms with van der Waals surface area (Å²) in [5, 5.41) is 57.0. The lowest BCUT2D eigenvalue weighted by Crippen LogP contribution is -2.61. The normalized spacial score (nSPS) is 15.2. The lowest BCUT2D eigenvalue weighted by molar-refractivity contribution is -0.143. The van der Waals surface area contributed by atoms with Crippen LogP contribution < -0.4 is 54.0 Å². The summed E-state index contributed by atoms with van der Waals surface area (Å²) < 4.78 is 0. The Balaban J connectivity index is 5.75. The fourth-order valence-electron chi connectivity index (χ4n) is 5.46. The number of amides is 9. The monoisotopic (exact) mass is 874 g/mol. The van der Waals surface area contributed by atoms with Gasteiger partial charge in [0, 0.05) is 0 Å². The summed E-state index contributed by atoms with van der Waals surface area (Å²) in [7, 11) is 0. The molecular formula is C37H66N10O14. The van der Waals surface area contributed by atoms with Gasteiger partial charge in [-0.3, -0.25) is 43.2 Å². The van der Waals surface area contributed by atoms with E-state index in [1.54, 1.807) is 41.5 Å². The molecule has 0 rings (SSSR count). The summed E-state index contributed by atoms with van der Waals surface area (Å²) in [6.45, 7) is 9.76. The number of hydrogen-bond donors (Lipinski definition) is 14. The van der Waals surface area contributed by atoms with Crippen molar-refractivity contribution in [3.8, 4) is 0 Å². The first-order valence-corrected chi connectivity index (χ1v) is 19.8. The van der Waals surface area contributed by atoms with Crippen LogP contribution in [0.2, 0.25) is 0 Å². The van der Waals surface area contributed by atoms with Crippen molar-refractivity contribution in [2.45, 2.75) is 123 Å². The van der Waals surface area contributed by atoms with Crippen LogP contribution in [0.5, 0.6) is 0 Å². The molecule has 0 radical (unpaired) electrons. The number of carboxylic acids is 1. The number of aliphatic hydroxyl groups excluding tert-OH is 3. The van der Waals surface area contributed by atoms with Gasteiger partial charge in [0.15, 0.2) is 0 Å². The second-order valence-electron chi connectivity index (χ2n) is 16.0. The molecule has 0 aromatic carbocycles. The van der Waals surface area contributed by atoms with Gasteiger partial charge in [-0.1, -0.05) is 55.4 Å². The second kappa shape index (κ2) is 27.4. The molecule has 0 spiro atoms. The molecule has 61 heavy (non-hydrogen) atoms. The average Bonchev–Trinajstić information content (AvgIpc) is 3.16. The molecule has 0 bridgehead atoms. The summed E-state index contributed by atoms with van der Waals surface area (Å²) >= 11 is 0. The Morgan fingerprint density at radius 2 is 0.869 bits per heavy atom. The van der Waals surface area contributed by atoms with E-state index in [2.05, 4.69) is 42.5 Å². The maximum absolute atomic E-state index is 13.3. The quantitative estimate of drug-likeness (QED) is 0.0348. The molecule has 24 heteroatoms. The first kappa shape index (κ1) is 55.5. The zero-order chi connectivity index (χ0) is 47.3. The summed E-state index contributed by atoms with van der Waals surface area (Å²) in [6.07, 6.45) is -0.614. The van der Waals surface area contributed by atoms with Crippen molar-refractivity contribution in [2.75, 3.05) is 26.4 Å². The molecule has 24 nitrogen and oxygen atoms in total. The van der Waals surface area contributed by atoms with E-state index in [4.69, 9.17) is 16.6 Å². The first-order chi connectivity index (χ1) is 28.3. The van der Waals surface area contributed by atoms with E-state index in [1.807, 2.05) is 0 Å². The molecule has 0 saturated carbocycles. The lowest BCUT2D eigenvalue weighted by Gasteiger charge is -2.28. The van der Waals surface area contributed by atoms with Crippen molar-refractivity contribution in [2.24, 2.45) is 35.1 Å². The van der Waals surface area contributed by atoms with Crippen LogP contribution in [-0.2, 0) is 47.9 Å². The van der Waals surface area contributed by atoms with Crippen LogP contribution in [0.15, 0.2) is 0 Å². The number of aliphatic carboxylic acids is 1. The molecule has 0 aromatic heterocycles. The molecule has 16 N–H and O–H groups in total. The SMILES string of the molecule is CC(C)C[C@H](NC(=O)[C@@H](NC(=O)[C@H](CO)NC(=O)[C@@H](NC(=O)CNC(=O)[C@H](CC(N)=O)NC(=O)[C@H](CO)NC(=O)[C@H](CC(C)C)NC(=O)[C@@H](N)CO)C(C)C)C(C)C)C(=O)O. The van der Waals surface area contributed by atoms with Crippen LogP contribution in [0.1, 0.15) is 74.7 Å². The number of aliphatic hydroxyl groups is 3. The summed E-state index contributed by atoms with van der Waals surface area (Å²) in [5.74, 6) is -11.5. The van der Waals surface area contributed by atoms with Crippen molar-refractivity contribution >= 4 is 59.1 Å². The Hall–Kier alpha value is -5.46. The molecule has 0 fully saturated rings. The third-order valence-corrected chi connectivity index (χ3v) is 8.80. The minimum absolute atomic E-state index is 0.0659. The Morgan fingerprint density at radius 3 is 1.30 bits per heavy atom. The topological polar surface area (TPSA) is 400 Å². The van der Waals surface area contributed by atoms with Crippen LogP contribution in [0, 0.1) is 23.7 Å². The number of nitrogens with two attached hydrogens (primary N) is 2. The van der Waals surface area contributed by atoms with Gasteiger partial charge in [0.25, 0.3) is 0 Å². The smallest absolute Gasteiger partial charge is 0.326 e. The minimum atomic E-state index is -1.73. The van der Waals surface area contributed by atoms with Crippen LogP contribution in [0.4, 0.5) is 0 Å². The van der Waals surface area contributed by atoms with E-state index < -0.39 is 152 Å². The first-order valence-electron chi connectivity index (χ1n) is 19.8. The van der Waals surface area contributed by atoms with Crippen molar-refractivity contribution < 1.29 is 68.4 Å². The van der Waals surface area contributed by atoms with E-state index >= 15 is 0 Å². The lowest BCUT2D eigenvalue weighted by atomic mass is 10.00. The Morgan fingerprint density at radius 1 is 0.475 bits per heavy atom. The Labute approximate surface area is 354 Å². The van der Waals surface area contributed by atoms with Crippen molar-refractivity contribution in [3.63, 3.8) is 0 Å². The third kappa shape index (κ3) is 20.6. The van der Waals surface area contributed by atoms with Gasteiger partial charge in [0.2, 0.25) is 53.2 Å². The number of nitrogens with one attached hydrogen (secondary N) is 8. The molecule has 8 atom stereocenters. The molecule has 0 aliphatic carbocycles. The zero-order valence-electron chi connectivity index (χ0n) is 35.9. The van der Waals surface area contributed by atoms with Gasteiger partial charge in [0.05, 0.1) is 32.8 Å². The molecule has 0 aliphatic rings. The fraction of sp³-hybridized carbons (Fsp3) is 0.730. The van der Waals surface area contributed by atoms with Gasteiger partial charge in [-0.2, -0.15) is 0 Å². The third-order valence-electron chi connectivity index (χ3n) is 8.80. The maximum atomic E-state index is 13.3. The number of primary amides is 1. The van der Waals surface area contributed by atoms with Gasteiger partial charge in [-0.15, -0.1) is 0 Å². The molecule has 0 aromatic rings. The number of carboxylic acid groups (broad SMARTS) is 1. The summed E-state index contributed by atoms with van der Waals surface area (Å²) in [4.78, 5) is 127. The largest absolute Gasteiger partial charge is 0.480 e.